The van der Waals surface area contributed by atoms with E-state index in [2.05, 4.69) is 4.74 Å². The van der Waals surface area contributed by atoms with Crippen molar-refractivity contribution in [2.75, 3.05) is 7.11 Å². The van der Waals surface area contributed by atoms with Crippen molar-refractivity contribution in [3.63, 3.8) is 0 Å². The smallest absolute Gasteiger partial charge is 0.418 e. The van der Waals surface area contributed by atoms with Gasteiger partial charge in [0.25, 0.3) is 0 Å². The summed E-state index contributed by atoms with van der Waals surface area (Å²) in [7, 11) is 1.03. The third-order valence-corrected chi connectivity index (χ3v) is 2.19. The van der Waals surface area contributed by atoms with E-state index in [1.807, 2.05) is 0 Å². The molecule has 0 aromatic heterocycles. The van der Waals surface area contributed by atoms with E-state index in [9.17, 15) is 26.3 Å². The minimum absolute atomic E-state index is 0.259. The number of hydrogen-bond donors (Lipinski definition) is 0. The number of benzene rings is 1. The molecule has 0 aliphatic heterocycles. The molecule has 0 atom stereocenters. The monoisotopic (exact) mass is 278 g/mol. The molecular weight excluding hydrogens is 274 g/mol. The first-order valence-electron chi connectivity index (χ1n) is 4.09. The lowest BCUT2D eigenvalue weighted by Gasteiger charge is -2.17. The zero-order valence-electron chi connectivity index (χ0n) is 8.21. The second-order valence-electron chi connectivity index (χ2n) is 3.03. The number of methoxy groups -OCH3 is 1. The van der Waals surface area contributed by atoms with E-state index in [4.69, 9.17) is 11.6 Å². The van der Waals surface area contributed by atoms with Gasteiger partial charge in [0.1, 0.15) is 5.75 Å². The quantitative estimate of drug-likeness (QED) is 0.693. The highest BCUT2D eigenvalue weighted by atomic mass is 35.5. The van der Waals surface area contributed by atoms with Crippen LogP contribution in [0.2, 0.25) is 5.02 Å². The lowest BCUT2D eigenvalue weighted by atomic mass is 10.1. The second kappa shape index (κ2) is 4.29. The zero-order valence-corrected chi connectivity index (χ0v) is 8.96. The van der Waals surface area contributed by atoms with Gasteiger partial charge in [0.05, 0.1) is 23.3 Å². The Kier molecular flexibility index (Phi) is 3.52. The van der Waals surface area contributed by atoms with Crippen LogP contribution >= 0.6 is 11.6 Å². The Morgan fingerprint density at radius 2 is 1.53 bits per heavy atom. The summed E-state index contributed by atoms with van der Waals surface area (Å²) in [6, 6.07) is 0.939. The Hall–Kier alpha value is -1.11. The molecule has 0 unspecified atom stereocenters. The molecule has 0 aliphatic rings. The van der Waals surface area contributed by atoms with E-state index >= 15 is 0 Å². The minimum Gasteiger partial charge on any atom is -0.497 e. The summed E-state index contributed by atoms with van der Waals surface area (Å²) in [6.07, 6.45) is -10.3. The molecule has 0 amide bonds. The molecule has 0 saturated heterocycles. The summed E-state index contributed by atoms with van der Waals surface area (Å²) in [5, 5.41) is -1.05. The van der Waals surface area contributed by atoms with Gasteiger partial charge in [0.15, 0.2) is 0 Å². The fraction of sp³-hybridized carbons (Fsp3) is 0.333. The van der Waals surface area contributed by atoms with Crippen molar-refractivity contribution in [1.29, 1.82) is 0 Å². The molecule has 0 N–H and O–H groups in total. The number of alkyl halides is 6. The van der Waals surface area contributed by atoms with Crippen LogP contribution in [0.4, 0.5) is 26.3 Å². The maximum Gasteiger partial charge on any atom is 0.418 e. The van der Waals surface area contributed by atoms with Crippen molar-refractivity contribution in [3.05, 3.63) is 28.3 Å². The van der Waals surface area contributed by atoms with Crippen LogP contribution in [0.15, 0.2) is 12.1 Å². The Labute approximate surface area is 96.9 Å². The van der Waals surface area contributed by atoms with Crippen LogP contribution in [0.1, 0.15) is 11.1 Å². The maximum atomic E-state index is 12.5. The molecule has 0 aliphatic carbocycles. The zero-order chi connectivity index (χ0) is 13.4. The Morgan fingerprint density at radius 1 is 1.00 bits per heavy atom. The van der Waals surface area contributed by atoms with Gasteiger partial charge in [-0.05, 0) is 12.1 Å². The van der Waals surface area contributed by atoms with Crippen LogP contribution < -0.4 is 4.74 Å². The largest absolute Gasteiger partial charge is 0.497 e. The molecule has 0 fully saturated rings. The summed E-state index contributed by atoms with van der Waals surface area (Å²) in [5.41, 5.74) is -3.78. The van der Waals surface area contributed by atoms with E-state index in [0.29, 0.717) is 6.07 Å². The van der Waals surface area contributed by atoms with E-state index in [1.165, 1.54) is 0 Å². The highest BCUT2D eigenvalue weighted by Crippen LogP contribution is 2.45. The van der Waals surface area contributed by atoms with Crippen LogP contribution in [-0.2, 0) is 12.4 Å². The summed E-state index contributed by atoms with van der Waals surface area (Å²) >= 11 is 5.20. The van der Waals surface area contributed by atoms with Crippen LogP contribution in [0.3, 0.4) is 0 Å². The molecule has 1 nitrogen and oxygen atoms in total. The molecule has 8 heteroatoms. The van der Waals surface area contributed by atoms with Gasteiger partial charge in [-0.15, -0.1) is 0 Å². The summed E-state index contributed by atoms with van der Waals surface area (Å²) in [6.45, 7) is 0. The van der Waals surface area contributed by atoms with E-state index in [1.54, 1.807) is 0 Å². The van der Waals surface area contributed by atoms with Crippen LogP contribution in [0.25, 0.3) is 0 Å². The molecule has 0 bridgehead atoms. The van der Waals surface area contributed by atoms with Crippen LogP contribution in [0.5, 0.6) is 5.75 Å². The molecule has 96 valence electrons. The van der Waals surface area contributed by atoms with Gasteiger partial charge in [0.2, 0.25) is 0 Å². The Balaban J connectivity index is 3.58. The number of rotatable bonds is 1. The van der Waals surface area contributed by atoms with Gasteiger partial charge in [0, 0.05) is 0 Å². The molecule has 1 aromatic carbocycles. The van der Waals surface area contributed by atoms with Gasteiger partial charge < -0.3 is 4.74 Å². The predicted molar refractivity (Wildman–Crippen MR) is 48.0 cm³/mol. The van der Waals surface area contributed by atoms with Crippen LogP contribution in [0, 0.1) is 0 Å². The van der Waals surface area contributed by atoms with Crippen molar-refractivity contribution in [2.45, 2.75) is 12.4 Å². The second-order valence-corrected chi connectivity index (χ2v) is 3.43. The molecule has 17 heavy (non-hydrogen) atoms. The summed E-state index contributed by atoms with van der Waals surface area (Å²) < 4.78 is 79.2. The lowest BCUT2D eigenvalue weighted by Crippen LogP contribution is -2.17. The van der Waals surface area contributed by atoms with E-state index < -0.39 is 34.3 Å². The lowest BCUT2D eigenvalue weighted by molar-refractivity contribution is -0.162. The van der Waals surface area contributed by atoms with Crippen molar-refractivity contribution in [2.24, 2.45) is 0 Å². The molecule has 1 rings (SSSR count). The molecule has 0 radical (unpaired) electrons. The van der Waals surface area contributed by atoms with Crippen molar-refractivity contribution in [3.8, 4) is 5.75 Å². The number of halogens is 7. The third-order valence-electron chi connectivity index (χ3n) is 1.89. The van der Waals surface area contributed by atoms with Crippen molar-refractivity contribution >= 4 is 11.6 Å². The van der Waals surface area contributed by atoms with Gasteiger partial charge in [-0.3, -0.25) is 0 Å². The predicted octanol–water partition coefficient (Wildman–Crippen LogP) is 4.39. The topological polar surface area (TPSA) is 9.23 Å². The standard InChI is InChI=1S/C9H5ClF6O/c1-17-4-2-5(8(11,12)13)7(6(10)3-4)9(14,15)16/h2-3H,1H3. The highest BCUT2D eigenvalue weighted by Gasteiger charge is 2.45. The summed E-state index contributed by atoms with van der Waals surface area (Å²) in [4.78, 5) is 0. The Morgan fingerprint density at radius 3 is 1.88 bits per heavy atom. The van der Waals surface area contributed by atoms with E-state index in [0.717, 1.165) is 7.11 Å². The first kappa shape index (κ1) is 14.0. The average molecular weight is 279 g/mol. The third kappa shape index (κ3) is 2.96. The normalized spacial score (nSPS) is 12.7. The highest BCUT2D eigenvalue weighted by molar-refractivity contribution is 6.31. The van der Waals surface area contributed by atoms with Crippen LogP contribution in [-0.4, -0.2) is 7.11 Å². The minimum atomic E-state index is -5.19. The first-order chi connectivity index (χ1) is 7.57. The van der Waals surface area contributed by atoms with Crippen molar-refractivity contribution < 1.29 is 31.1 Å². The van der Waals surface area contributed by atoms with Gasteiger partial charge in [-0.25, -0.2) is 0 Å². The number of ether oxygens (including phenoxy) is 1. The maximum absolute atomic E-state index is 12.5. The van der Waals surface area contributed by atoms with Gasteiger partial charge >= 0.3 is 12.4 Å². The molecule has 0 heterocycles. The first-order valence-corrected chi connectivity index (χ1v) is 4.47. The number of hydrogen-bond acceptors (Lipinski definition) is 1. The molecular formula is C9H5ClF6O. The fourth-order valence-corrected chi connectivity index (χ4v) is 1.53. The molecule has 0 saturated carbocycles. The van der Waals surface area contributed by atoms with Gasteiger partial charge in [-0.2, -0.15) is 26.3 Å². The van der Waals surface area contributed by atoms with Crippen molar-refractivity contribution in [1.82, 2.24) is 0 Å². The molecule has 0 spiro atoms. The van der Waals surface area contributed by atoms with Gasteiger partial charge in [-0.1, -0.05) is 11.6 Å². The SMILES string of the molecule is COc1cc(Cl)c(C(F)(F)F)c(C(F)(F)F)c1. The molecule has 1 aromatic rings. The average Bonchev–Trinajstić information content (AvgIpc) is 2.12. The summed E-state index contributed by atoms with van der Waals surface area (Å²) in [5.74, 6) is -0.393. The fourth-order valence-electron chi connectivity index (χ4n) is 1.21. The van der Waals surface area contributed by atoms with E-state index in [-0.39, 0.29) is 6.07 Å². The Bertz CT molecular complexity index is 423.